The third-order valence-electron chi connectivity index (χ3n) is 5.17. The molecule has 1 amide bonds. The summed E-state index contributed by atoms with van der Waals surface area (Å²) in [4.78, 5) is 46.6. The number of anilines is 1. The van der Waals surface area contributed by atoms with E-state index in [-0.39, 0.29) is 17.4 Å². The average Bonchev–Trinajstić information content (AvgIpc) is 3.58. The third kappa shape index (κ3) is 3.88. The zero-order valence-electron chi connectivity index (χ0n) is 18.5. The van der Waals surface area contributed by atoms with Crippen molar-refractivity contribution in [2.75, 3.05) is 5.32 Å². The zero-order chi connectivity index (χ0) is 23.8. The van der Waals surface area contributed by atoms with Gasteiger partial charge in [-0.05, 0) is 38.3 Å². The van der Waals surface area contributed by atoms with Gasteiger partial charge in [-0.3, -0.25) is 4.79 Å². The van der Waals surface area contributed by atoms with E-state index in [1.807, 2.05) is 31.4 Å². The molecule has 0 aliphatic rings. The largest absolute Gasteiger partial charge is 0.449 e. The van der Waals surface area contributed by atoms with E-state index in [1.165, 1.54) is 30.9 Å². The molecule has 0 aromatic carbocycles. The Hall–Kier alpha value is -4.19. The topological polar surface area (TPSA) is 141 Å². The molecule has 0 saturated carbocycles. The van der Waals surface area contributed by atoms with E-state index in [4.69, 9.17) is 9.72 Å². The lowest BCUT2D eigenvalue weighted by molar-refractivity contribution is -0.123. The lowest BCUT2D eigenvalue weighted by Gasteiger charge is -2.14. The molecule has 5 rings (SSSR count). The molecule has 172 valence electrons. The van der Waals surface area contributed by atoms with Gasteiger partial charge in [-0.1, -0.05) is 6.07 Å². The number of esters is 1. The zero-order valence-corrected chi connectivity index (χ0v) is 19.3. The highest BCUT2D eigenvalue weighted by atomic mass is 32.1. The molecule has 0 aliphatic heterocycles. The van der Waals surface area contributed by atoms with Gasteiger partial charge in [0.15, 0.2) is 23.2 Å². The Morgan fingerprint density at radius 3 is 2.82 bits per heavy atom. The molecule has 0 saturated heterocycles. The van der Waals surface area contributed by atoms with Crippen molar-refractivity contribution < 1.29 is 14.3 Å². The molecule has 0 bridgehead atoms. The van der Waals surface area contributed by atoms with Gasteiger partial charge >= 0.3 is 5.97 Å². The molecule has 0 unspecified atom stereocenters. The highest BCUT2D eigenvalue weighted by Crippen LogP contribution is 2.29. The minimum absolute atomic E-state index is 0.0457. The van der Waals surface area contributed by atoms with Crippen LogP contribution in [0, 0.1) is 0 Å². The monoisotopic (exact) mass is 476 g/mol. The van der Waals surface area contributed by atoms with Crippen LogP contribution < -0.4 is 5.32 Å². The minimum Gasteiger partial charge on any atom is -0.449 e. The normalized spacial score (nSPS) is 12.4. The summed E-state index contributed by atoms with van der Waals surface area (Å²) >= 11 is 1.51. The van der Waals surface area contributed by atoms with Crippen LogP contribution in [-0.2, 0) is 9.53 Å². The van der Waals surface area contributed by atoms with Crippen LogP contribution in [0.5, 0.6) is 0 Å². The van der Waals surface area contributed by atoms with Gasteiger partial charge in [-0.25, -0.2) is 29.4 Å². The average molecular weight is 477 g/mol. The molecule has 5 aromatic rings. The van der Waals surface area contributed by atoms with Crippen LogP contribution in [0.1, 0.15) is 37.2 Å². The number of thiophene rings is 1. The molecule has 1 atom stereocenters. The summed E-state index contributed by atoms with van der Waals surface area (Å²) in [6, 6.07) is 5.56. The molecule has 0 spiro atoms. The Morgan fingerprint density at radius 1 is 1.21 bits per heavy atom. The quantitative estimate of drug-likeness (QED) is 0.354. The van der Waals surface area contributed by atoms with E-state index in [2.05, 4.69) is 30.4 Å². The Bertz CT molecular complexity index is 1510. The number of aromatic nitrogens is 7. The van der Waals surface area contributed by atoms with Crippen LogP contribution in [-0.4, -0.2) is 52.7 Å². The summed E-state index contributed by atoms with van der Waals surface area (Å²) in [6.45, 7) is 5.47. The maximum atomic E-state index is 13.2. The highest BCUT2D eigenvalue weighted by molar-refractivity contribution is 7.13. The Kier molecular flexibility index (Phi) is 5.49. The second kappa shape index (κ2) is 8.63. The van der Waals surface area contributed by atoms with Gasteiger partial charge in [0, 0.05) is 6.04 Å². The van der Waals surface area contributed by atoms with E-state index in [0.29, 0.717) is 27.9 Å². The number of nitrogens with zero attached hydrogens (tertiary/aromatic N) is 6. The van der Waals surface area contributed by atoms with Gasteiger partial charge in [0.05, 0.1) is 34.0 Å². The first kappa shape index (κ1) is 21.6. The number of amides is 1. The van der Waals surface area contributed by atoms with Crippen LogP contribution >= 0.6 is 11.3 Å². The number of fused-ring (bicyclic) bond motifs is 2. The molecule has 5 heterocycles. The van der Waals surface area contributed by atoms with Gasteiger partial charge in [0.2, 0.25) is 0 Å². The number of rotatable bonds is 6. The highest BCUT2D eigenvalue weighted by Gasteiger charge is 2.24. The van der Waals surface area contributed by atoms with Crippen molar-refractivity contribution in [2.24, 2.45) is 0 Å². The van der Waals surface area contributed by atoms with Gasteiger partial charge in [0.25, 0.3) is 5.91 Å². The molecule has 5 aromatic heterocycles. The number of carbonyl (C=O) groups excluding carboxylic acids is 2. The predicted octanol–water partition coefficient (Wildman–Crippen LogP) is 3.59. The number of nitrogens with one attached hydrogen (secondary N) is 2. The number of H-pyrrole nitrogens is 1. The summed E-state index contributed by atoms with van der Waals surface area (Å²) in [7, 11) is 0. The first-order chi connectivity index (χ1) is 16.4. The SMILES string of the molecule is CC(C)n1ncc2c(C(=O)O[C@@H](C)C(=O)Nc3ncnc4nc[nH]c34)cc(-c3cccs3)nc21. The number of imidazole rings is 1. The molecule has 11 nitrogen and oxygen atoms in total. The lowest BCUT2D eigenvalue weighted by atomic mass is 10.1. The maximum absolute atomic E-state index is 13.2. The van der Waals surface area contributed by atoms with Gasteiger partial charge in [-0.2, -0.15) is 5.10 Å². The standard InChI is InChI=1S/C22H20N8O3S/c1-11(2)30-20-14(8-27-30)13(7-15(28-20)16-5-4-6-34-16)22(32)33-12(3)21(31)29-19-17-18(24-9-23-17)25-10-26-19/h4-12H,1-3H3,(H2,23,24,25,26,29,31)/t12-/m0/s1. The molecule has 0 fully saturated rings. The van der Waals surface area contributed by atoms with E-state index in [9.17, 15) is 9.59 Å². The molecular weight excluding hydrogens is 456 g/mol. The van der Waals surface area contributed by atoms with Crippen molar-refractivity contribution in [2.45, 2.75) is 32.9 Å². The van der Waals surface area contributed by atoms with E-state index in [0.717, 1.165) is 4.88 Å². The van der Waals surface area contributed by atoms with E-state index >= 15 is 0 Å². The Labute approximate surface area is 197 Å². The van der Waals surface area contributed by atoms with Crippen LogP contribution in [0.15, 0.2) is 42.4 Å². The number of carbonyl (C=O) groups is 2. The second-order valence-electron chi connectivity index (χ2n) is 7.81. The van der Waals surface area contributed by atoms with Crippen LogP contribution in [0.2, 0.25) is 0 Å². The van der Waals surface area contributed by atoms with Crippen molar-refractivity contribution in [3.63, 3.8) is 0 Å². The summed E-state index contributed by atoms with van der Waals surface area (Å²) in [6.07, 6.45) is 3.25. The smallest absolute Gasteiger partial charge is 0.339 e. The summed E-state index contributed by atoms with van der Waals surface area (Å²) < 4.78 is 7.29. The fourth-order valence-corrected chi connectivity index (χ4v) is 4.16. The summed E-state index contributed by atoms with van der Waals surface area (Å²) in [5, 5.41) is 9.55. The number of ether oxygens (including phenoxy) is 1. The number of pyridine rings is 1. The van der Waals surface area contributed by atoms with Crippen molar-refractivity contribution in [1.82, 2.24) is 34.7 Å². The van der Waals surface area contributed by atoms with Crippen molar-refractivity contribution >= 4 is 51.2 Å². The number of hydrogen-bond acceptors (Lipinski definition) is 9. The molecule has 2 N–H and O–H groups in total. The second-order valence-corrected chi connectivity index (χ2v) is 8.76. The lowest BCUT2D eigenvalue weighted by Crippen LogP contribution is -2.30. The van der Waals surface area contributed by atoms with Gasteiger partial charge in [-0.15, -0.1) is 11.3 Å². The van der Waals surface area contributed by atoms with Gasteiger partial charge in [0.1, 0.15) is 11.8 Å². The van der Waals surface area contributed by atoms with Crippen molar-refractivity contribution in [3.05, 3.63) is 48.0 Å². The summed E-state index contributed by atoms with van der Waals surface area (Å²) in [5.74, 6) is -0.935. The predicted molar refractivity (Wildman–Crippen MR) is 126 cm³/mol. The Balaban J connectivity index is 1.43. The van der Waals surface area contributed by atoms with E-state index < -0.39 is 18.0 Å². The van der Waals surface area contributed by atoms with Crippen molar-refractivity contribution in [1.29, 1.82) is 0 Å². The first-order valence-electron chi connectivity index (χ1n) is 10.5. The fourth-order valence-electron chi connectivity index (χ4n) is 3.47. The molecule has 0 radical (unpaired) electrons. The molecular formula is C22H20N8O3S. The van der Waals surface area contributed by atoms with Gasteiger partial charge < -0.3 is 15.0 Å². The van der Waals surface area contributed by atoms with Crippen LogP contribution in [0.25, 0.3) is 32.8 Å². The third-order valence-corrected chi connectivity index (χ3v) is 6.06. The fraction of sp³-hybridized carbons (Fsp3) is 0.227. The summed E-state index contributed by atoms with van der Waals surface area (Å²) in [5.41, 5.74) is 2.39. The van der Waals surface area contributed by atoms with Crippen LogP contribution in [0.3, 0.4) is 0 Å². The molecule has 12 heteroatoms. The maximum Gasteiger partial charge on any atom is 0.339 e. The van der Waals surface area contributed by atoms with Crippen molar-refractivity contribution in [3.8, 4) is 10.6 Å². The number of hydrogen-bond donors (Lipinski definition) is 2. The van der Waals surface area contributed by atoms with E-state index in [1.54, 1.807) is 16.9 Å². The number of aromatic amines is 1. The first-order valence-corrected chi connectivity index (χ1v) is 11.4. The van der Waals surface area contributed by atoms with Crippen LogP contribution in [0.4, 0.5) is 5.82 Å². The minimum atomic E-state index is -1.09. The molecule has 0 aliphatic carbocycles. The molecule has 34 heavy (non-hydrogen) atoms. The Morgan fingerprint density at radius 2 is 2.06 bits per heavy atom.